The first-order valence-electron chi connectivity index (χ1n) is 17.5. The monoisotopic (exact) mass is 724 g/mol. The smallest absolute Gasteiger partial charge is 0.282 e. The summed E-state index contributed by atoms with van der Waals surface area (Å²) in [5.41, 5.74) is 2.88. The first-order valence-corrected chi connectivity index (χ1v) is 17.5. The van der Waals surface area contributed by atoms with Gasteiger partial charge >= 0.3 is 0 Å². The molecule has 51 heavy (non-hydrogen) atoms. The first-order chi connectivity index (χ1) is 23.8. The number of nitrogens with zero attached hydrogens (tertiary/aromatic N) is 1. The van der Waals surface area contributed by atoms with Crippen LogP contribution in [0.25, 0.3) is 0 Å². The molecule has 1 saturated heterocycles. The molecule has 1 aliphatic heterocycles. The van der Waals surface area contributed by atoms with Crippen molar-refractivity contribution in [2.24, 2.45) is 5.41 Å². The average molecular weight is 725 g/mol. The number of aryl methyl sites for hydroxylation is 1. The standard InChI is InChI=1S/C19H18F5N.C8H10.C7H11F2N.C6H14.C2H6/c1-3-25-18(14-4-6-16(21)7-5-14)15-8-13(9-17(22)10-15)11-19(23,24)12(2)20;1-2-8-6-4-3-5-7-8;1-3-10-5-7(8,9)4-6(10)2;1-5-6(2,3)4;1-2/h3-10,12,18,25H,1,11H2,2H3;3-7H,2H2,1H3;3,6H,1,4-5H2,2H3;5H2,1-4H3;1-2H3/t12?,18-;;6-;;/m1.1../s1. The highest BCUT2D eigenvalue weighted by molar-refractivity contribution is 5.36. The van der Waals surface area contributed by atoms with Crippen molar-refractivity contribution in [2.45, 2.75) is 118 Å². The lowest BCUT2D eigenvalue weighted by Crippen LogP contribution is -2.30. The largest absolute Gasteiger partial charge is 0.381 e. The van der Waals surface area contributed by atoms with Crippen LogP contribution in [-0.4, -0.2) is 35.5 Å². The van der Waals surface area contributed by atoms with E-state index in [0.29, 0.717) is 16.5 Å². The van der Waals surface area contributed by atoms with E-state index in [1.807, 2.05) is 19.9 Å². The molecule has 0 spiro atoms. The van der Waals surface area contributed by atoms with E-state index in [0.717, 1.165) is 19.4 Å². The van der Waals surface area contributed by atoms with Crippen LogP contribution < -0.4 is 5.32 Å². The number of halogens is 7. The molecule has 3 aromatic rings. The maximum atomic E-state index is 13.9. The van der Waals surface area contributed by atoms with Crippen molar-refractivity contribution in [3.8, 4) is 0 Å². The Bertz CT molecular complexity index is 1380. The van der Waals surface area contributed by atoms with Crippen molar-refractivity contribution in [1.29, 1.82) is 0 Å². The van der Waals surface area contributed by atoms with Gasteiger partial charge in [-0.25, -0.2) is 30.7 Å². The van der Waals surface area contributed by atoms with Crippen LogP contribution in [0.15, 0.2) is 98.4 Å². The molecule has 4 rings (SSSR count). The molecule has 0 aromatic heterocycles. The Morgan fingerprint density at radius 2 is 1.43 bits per heavy atom. The summed E-state index contributed by atoms with van der Waals surface area (Å²) in [7, 11) is 0. The second kappa shape index (κ2) is 22.9. The normalized spacial score (nSPS) is 15.8. The third kappa shape index (κ3) is 18.9. The number of hydrogen-bond donors (Lipinski definition) is 1. The van der Waals surface area contributed by atoms with Gasteiger partial charge in [-0.3, -0.25) is 0 Å². The fourth-order valence-electron chi connectivity index (χ4n) is 4.51. The topological polar surface area (TPSA) is 15.3 Å². The zero-order chi connectivity index (χ0) is 39.4. The van der Waals surface area contributed by atoms with E-state index >= 15 is 0 Å². The lowest BCUT2D eigenvalue weighted by atomic mass is 9.94. The molecule has 1 heterocycles. The third-order valence-corrected chi connectivity index (χ3v) is 7.94. The lowest BCUT2D eigenvalue weighted by molar-refractivity contribution is -0.0638. The highest BCUT2D eigenvalue weighted by Crippen LogP contribution is 2.32. The summed E-state index contributed by atoms with van der Waals surface area (Å²) in [6, 6.07) is 18.8. The Morgan fingerprint density at radius 3 is 1.80 bits per heavy atom. The number of alkyl halides is 5. The van der Waals surface area contributed by atoms with E-state index in [1.54, 1.807) is 11.8 Å². The van der Waals surface area contributed by atoms with Gasteiger partial charge in [-0.1, -0.05) is 117 Å². The van der Waals surface area contributed by atoms with Gasteiger partial charge in [0.1, 0.15) is 11.6 Å². The minimum atomic E-state index is -3.59. The van der Waals surface area contributed by atoms with Crippen molar-refractivity contribution in [2.75, 3.05) is 6.54 Å². The van der Waals surface area contributed by atoms with Crippen LogP contribution >= 0.6 is 0 Å². The molecule has 3 atom stereocenters. The highest BCUT2D eigenvalue weighted by atomic mass is 19.3. The van der Waals surface area contributed by atoms with Crippen molar-refractivity contribution in [1.82, 2.24) is 10.2 Å². The van der Waals surface area contributed by atoms with E-state index in [4.69, 9.17) is 0 Å². The van der Waals surface area contributed by atoms with Gasteiger partial charge in [-0.15, -0.1) is 0 Å². The fraction of sp³-hybridized carbons (Fsp3) is 0.476. The summed E-state index contributed by atoms with van der Waals surface area (Å²) in [5.74, 6) is -7.25. The van der Waals surface area contributed by atoms with Crippen LogP contribution in [0.1, 0.15) is 103 Å². The molecule has 9 heteroatoms. The predicted octanol–water partition coefficient (Wildman–Crippen LogP) is 12.9. The quantitative estimate of drug-likeness (QED) is 0.221. The number of nitrogens with one attached hydrogen (secondary N) is 1. The first kappa shape index (κ1) is 47.2. The second-order valence-corrected chi connectivity index (χ2v) is 13.3. The Labute approximate surface area is 302 Å². The summed E-state index contributed by atoms with van der Waals surface area (Å²) in [5, 5.41) is 2.89. The maximum absolute atomic E-state index is 13.9. The molecule has 1 unspecified atom stereocenters. The van der Waals surface area contributed by atoms with Crippen molar-refractivity contribution >= 4 is 0 Å². The molecule has 2 nitrogen and oxygen atoms in total. The summed E-state index contributed by atoms with van der Waals surface area (Å²) in [6.45, 7) is 24.5. The van der Waals surface area contributed by atoms with Crippen LogP contribution in [0.5, 0.6) is 0 Å². The van der Waals surface area contributed by atoms with Gasteiger partial charge in [0.2, 0.25) is 0 Å². The molecule has 1 aliphatic rings. The fourth-order valence-corrected chi connectivity index (χ4v) is 4.51. The molecule has 0 saturated carbocycles. The van der Waals surface area contributed by atoms with Gasteiger partial charge in [-0.2, -0.15) is 0 Å². The van der Waals surface area contributed by atoms with E-state index < -0.39 is 42.1 Å². The molecule has 1 N–H and O–H groups in total. The Balaban J connectivity index is 0.000000781. The minimum Gasteiger partial charge on any atom is -0.381 e. The van der Waals surface area contributed by atoms with Crippen LogP contribution in [0.3, 0.4) is 0 Å². The zero-order valence-corrected chi connectivity index (χ0v) is 31.9. The lowest BCUT2D eigenvalue weighted by Gasteiger charge is -2.21. The molecule has 0 aliphatic carbocycles. The van der Waals surface area contributed by atoms with Gasteiger partial charge in [0.25, 0.3) is 11.8 Å². The number of benzene rings is 3. The maximum Gasteiger partial charge on any atom is 0.282 e. The Kier molecular flexibility index (Phi) is 21.3. The number of rotatable bonds is 9. The van der Waals surface area contributed by atoms with Crippen LogP contribution in [0.2, 0.25) is 0 Å². The third-order valence-electron chi connectivity index (χ3n) is 7.94. The molecule has 286 valence electrons. The van der Waals surface area contributed by atoms with E-state index in [9.17, 15) is 30.7 Å². The van der Waals surface area contributed by atoms with Crippen molar-refractivity contribution < 1.29 is 30.7 Å². The van der Waals surface area contributed by atoms with Gasteiger partial charge in [0, 0.05) is 18.9 Å². The highest BCUT2D eigenvalue weighted by Gasteiger charge is 2.41. The molecular formula is C42H59F7N2. The molecular weight excluding hydrogens is 665 g/mol. The number of likely N-dealkylation sites (tertiary alicyclic amines) is 1. The molecule has 1 fully saturated rings. The van der Waals surface area contributed by atoms with Gasteiger partial charge in [-0.05, 0) is 84.6 Å². The molecule has 0 radical (unpaired) electrons. The Hall–Kier alpha value is -3.75. The minimum absolute atomic E-state index is 0.0255. The summed E-state index contributed by atoms with van der Waals surface area (Å²) >= 11 is 0. The van der Waals surface area contributed by atoms with E-state index in [1.165, 1.54) is 60.8 Å². The SMILES string of the molecule is C=CN1CC(F)(F)C[C@H]1C.C=CN[C@H](c1ccc(F)cc1)c1cc(F)cc(CC(F)(F)C(C)F)c1.CC.CCC(C)(C)C.CCc1ccccc1. The second-order valence-electron chi connectivity index (χ2n) is 13.3. The van der Waals surface area contributed by atoms with E-state index in [-0.39, 0.29) is 24.6 Å². The van der Waals surface area contributed by atoms with Crippen LogP contribution in [0.4, 0.5) is 30.7 Å². The van der Waals surface area contributed by atoms with Gasteiger partial charge < -0.3 is 10.2 Å². The molecule has 0 bridgehead atoms. The molecule has 3 aromatic carbocycles. The summed E-state index contributed by atoms with van der Waals surface area (Å²) in [4.78, 5) is 1.57. The molecule has 0 amide bonds. The van der Waals surface area contributed by atoms with Crippen LogP contribution in [-0.2, 0) is 12.8 Å². The Morgan fingerprint density at radius 1 is 0.882 bits per heavy atom. The number of hydrogen-bond acceptors (Lipinski definition) is 2. The van der Waals surface area contributed by atoms with Crippen LogP contribution in [0, 0.1) is 17.0 Å². The predicted molar refractivity (Wildman–Crippen MR) is 200 cm³/mol. The van der Waals surface area contributed by atoms with Gasteiger partial charge in [0.05, 0.1) is 12.6 Å². The van der Waals surface area contributed by atoms with Crippen molar-refractivity contribution in [3.63, 3.8) is 0 Å². The zero-order valence-electron chi connectivity index (χ0n) is 31.9. The average Bonchev–Trinajstić information content (AvgIpc) is 3.36. The summed E-state index contributed by atoms with van der Waals surface area (Å²) < 4.78 is 92.5. The van der Waals surface area contributed by atoms with Crippen molar-refractivity contribution in [3.05, 3.63) is 132 Å². The van der Waals surface area contributed by atoms with Gasteiger partial charge in [0.15, 0.2) is 6.17 Å². The van der Waals surface area contributed by atoms with E-state index in [2.05, 4.69) is 77.4 Å². The summed E-state index contributed by atoms with van der Waals surface area (Å²) in [6.07, 6.45) is 1.95.